The maximum atomic E-state index is 4.36. The van der Waals surface area contributed by atoms with Gasteiger partial charge in [-0.25, -0.2) is 0 Å². The van der Waals surface area contributed by atoms with Crippen LogP contribution in [0.5, 0.6) is 0 Å². The first kappa shape index (κ1) is 15.5. The van der Waals surface area contributed by atoms with Crippen LogP contribution in [0.15, 0.2) is 48.7 Å². The molecule has 0 bridgehead atoms. The van der Waals surface area contributed by atoms with Crippen LogP contribution in [-0.2, 0) is 0 Å². The van der Waals surface area contributed by atoms with E-state index in [-0.39, 0.29) is 29.6 Å². The summed E-state index contributed by atoms with van der Waals surface area (Å²) in [5.74, 6) is 0. The fourth-order valence-electron chi connectivity index (χ4n) is 1.35. The van der Waals surface area contributed by atoms with Crippen molar-refractivity contribution < 1.29 is 29.6 Å². The van der Waals surface area contributed by atoms with Gasteiger partial charge in [0, 0.05) is 0 Å². The third-order valence-electron chi connectivity index (χ3n) is 2.19. The summed E-state index contributed by atoms with van der Waals surface area (Å²) in [6.45, 7) is 8.22. The van der Waals surface area contributed by atoms with Gasteiger partial charge in [-0.15, -0.1) is 12.3 Å². The van der Waals surface area contributed by atoms with Gasteiger partial charge in [-0.2, -0.15) is 6.20 Å². The van der Waals surface area contributed by atoms with E-state index in [1.165, 1.54) is 5.57 Å². The minimum Gasteiger partial charge on any atom is -0.664 e. The van der Waals surface area contributed by atoms with E-state index in [4.69, 9.17) is 0 Å². The average Bonchev–Trinajstić information content (AvgIpc) is 2.27. The molecule has 0 aliphatic heterocycles. The van der Waals surface area contributed by atoms with Crippen LogP contribution in [0.25, 0.3) is 11.0 Å². The van der Waals surface area contributed by atoms with Crippen molar-refractivity contribution in [2.24, 2.45) is 0 Å². The molecule has 0 amide bonds. The van der Waals surface area contributed by atoms with Crippen molar-refractivity contribution in [3.63, 3.8) is 0 Å². The summed E-state index contributed by atoms with van der Waals surface area (Å²) in [5, 5.41) is 4.36. The first-order valence-corrected chi connectivity index (χ1v) is 5.35. The molecule has 0 unspecified atom stereocenters. The van der Waals surface area contributed by atoms with Crippen molar-refractivity contribution in [2.45, 2.75) is 26.7 Å². The molecular formula is C14H18NNa. The molecule has 0 radical (unpaired) electrons. The Morgan fingerprint density at radius 2 is 1.94 bits per heavy atom. The van der Waals surface area contributed by atoms with Gasteiger partial charge in [-0.1, -0.05) is 49.2 Å². The second-order valence-corrected chi connectivity index (χ2v) is 3.67. The molecule has 16 heavy (non-hydrogen) atoms. The molecule has 0 atom stereocenters. The first-order valence-electron chi connectivity index (χ1n) is 5.35. The molecule has 0 aromatic heterocycles. The normalized spacial score (nSPS) is 10.5. The molecular weight excluding hydrogens is 205 g/mol. The van der Waals surface area contributed by atoms with Crippen molar-refractivity contribution >= 4 is 5.70 Å². The van der Waals surface area contributed by atoms with Gasteiger partial charge >= 0.3 is 29.6 Å². The fourth-order valence-corrected chi connectivity index (χ4v) is 1.35. The summed E-state index contributed by atoms with van der Waals surface area (Å²) in [6.07, 6.45) is 4.18. The maximum Gasteiger partial charge on any atom is 1.00 e. The third kappa shape index (κ3) is 5.55. The zero-order valence-corrected chi connectivity index (χ0v) is 12.5. The number of nitrogens with zero attached hydrogens (tertiary/aromatic N) is 1. The van der Waals surface area contributed by atoms with E-state index in [1.54, 1.807) is 0 Å². The Labute approximate surface area is 121 Å². The Kier molecular flexibility index (Phi) is 8.36. The molecule has 0 spiro atoms. The second kappa shape index (κ2) is 8.63. The average molecular weight is 223 g/mol. The van der Waals surface area contributed by atoms with Crippen LogP contribution in [0.2, 0.25) is 0 Å². The van der Waals surface area contributed by atoms with Crippen LogP contribution in [0.4, 0.5) is 0 Å². The molecule has 0 fully saturated rings. The van der Waals surface area contributed by atoms with E-state index in [1.807, 2.05) is 36.5 Å². The fraction of sp³-hybridized carbons (Fsp3) is 0.286. The van der Waals surface area contributed by atoms with Crippen molar-refractivity contribution in [1.29, 1.82) is 0 Å². The molecule has 0 aliphatic rings. The summed E-state index contributed by atoms with van der Waals surface area (Å²) >= 11 is 0. The van der Waals surface area contributed by atoms with Gasteiger partial charge in [-0.05, 0) is 18.9 Å². The van der Waals surface area contributed by atoms with Gasteiger partial charge in [0.05, 0.1) is 0 Å². The van der Waals surface area contributed by atoms with Crippen LogP contribution in [0.3, 0.4) is 0 Å². The molecule has 1 rings (SSSR count). The van der Waals surface area contributed by atoms with Gasteiger partial charge in [0.15, 0.2) is 0 Å². The first-order chi connectivity index (χ1) is 7.24. The number of rotatable bonds is 5. The summed E-state index contributed by atoms with van der Waals surface area (Å²) in [6, 6.07) is 10.0. The monoisotopic (exact) mass is 223 g/mol. The van der Waals surface area contributed by atoms with Crippen LogP contribution < -0.4 is 29.6 Å². The van der Waals surface area contributed by atoms with Gasteiger partial charge in [-0.3, -0.25) is 0 Å². The SMILES string of the molecule is C=C([N-]/C=C(\C)CCC)c1ccccc1.[Na+]. The summed E-state index contributed by atoms with van der Waals surface area (Å²) < 4.78 is 0. The van der Waals surface area contributed by atoms with E-state index in [0.29, 0.717) is 0 Å². The topological polar surface area (TPSA) is 14.1 Å². The van der Waals surface area contributed by atoms with Gasteiger partial charge in [0.2, 0.25) is 0 Å². The minimum atomic E-state index is 0. The molecule has 0 heterocycles. The van der Waals surface area contributed by atoms with Gasteiger partial charge in [0.1, 0.15) is 0 Å². The number of benzene rings is 1. The Hall–Kier alpha value is -0.500. The van der Waals surface area contributed by atoms with E-state index in [2.05, 4.69) is 25.7 Å². The van der Waals surface area contributed by atoms with E-state index in [0.717, 1.165) is 24.1 Å². The molecule has 1 aromatic rings. The third-order valence-corrected chi connectivity index (χ3v) is 2.19. The molecule has 0 saturated carbocycles. The quantitative estimate of drug-likeness (QED) is 0.675. The van der Waals surface area contributed by atoms with Gasteiger partial charge < -0.3 is 5.32 Å². The molecule has 0 aliphatic carbocycles. The van der Waals surface area contributed by atoms with Crippen LogP contribution >= 0.6 is 0 Å². The zero-order chi connectivity index (χ0) is 11.1. The molecule has 80 valence electrons. The van der Waals surface area contributed by atoms with Crippen molar-refractivity contribution in [2.75, 3.05) is 0 Å². The summed E-state index contributed by atoms with van der Waals surface area (Å²) in [4.78, 5) is 0. The second-order valence-electron chi connectivity index (χ2n) is 3.67. The molecule has 0 saturated heterocycles. The van der Waals surface area contributed by atoms with E-state index < -0.39 is 0 Å². The number of hydrogen-bond donors (Lipinski definition) is 0. The number of allylic oxidation sites excluding steroid dienone is 1. The Morgan fingerprint density at radius 3 is 2.50 bits per heavy atom. The number of hydrogen-bond acceptors (Lipinski definition) is 0. The predicted molar refractivity (Wildman–Crippen MR) is 67.5 cm³/mol. The minimum absolute atomic E-state index is 0. The standard InChI is InChI=1S/C14H18N.Na/c1-4-8-12(2)11-15-13(3)14-9-6-5-7-10-14;/h5-7,9-11H,3-4,8H2,1-2H3;/q-1;+1/b12-11+;. The van der Waals surface area contributed by atoms with Crippen molar-refractivity contribution in [1.82, 2.24) is 0 Å². The predicted octanol–water partition coefficient (Wildman–Crippen LogP) is 1.74. The Bertz CT molecular complexity index is 341. The van der Waals surface area contributed by atoms with Crippen LogP contribution in [-0.4, -0.2) is 0 Å². The maximum absolute atomic E-state index is 4.36. The smallest absolute Gasteiger partial charge is 0.664 e. The zero-order valence-electron chi connectivity index (χ0n) is 10.5. The van der Waals surface area contributed by atoms with Crippen LogP contribution in [0, 0.1) is 0 Å². The van der Waals surface area contributed by atoms with E-state index >= 15 is 0 Å². The Balaban J connectivity index is 0.00000225. The molecule has 1 nitrogen and oxygen atoms in total. The Morgan fingerprint density at radius 1 is 1.31 bits per heavy atom. The molecule has 2 heteroatoms. The van der Waals surface area contributed by atoms with Crippen molar-refractivity contribution in [3.8, 4) is 0 Å². The van der Waals surface area contributed by atoms with Crippen LogP contribution in [0.1, 0.15) is 32.3 Å². The summed E-state index contributed by atoms with van der Waals surface area (Å²) in [5.41, 5.74) is 3.21. The molecule has 1 aromatic carbocycles. The van der Waals surface area contributed by atoms with Gasteiger partial charge in [0.25, 0.3) is 0 Å². The largest absolute Gasteiger partial charge is 1.00 e. The molecule has 0 N–H and O–H groups in total. The van der Waals surface area contributed by atoms with Crippen molar-refractivity contribution in [3.05, 3.63) is 59.6 Å². The van der Waals surface area contributed by atoms with E-state index in [9.17, 15) is 0 Å². The summed E-state index contributed by atoms with van der Waals surface area (Å²) in [7, 11) is 0.